The summed E-state index contributed by atoms with van der Waals surface area (Å²) < 4.78 is 23.2. The maximum Gasteiger partial charge on any atom is 0.296 e. The van der Waals surface area contributed by atoms with Gasteiger partial charge in [-0.3, -0.25) is 4.79 Å². The highest BCUT2D eigenvalue weighted by atomic mass is 35.5. The van der Waals surface area contributed by atoms with E-state index in [4.69, 9.17) is 21.4 Å². The molecule has 0 saturated heterocycles. The summed E-state index contributed by atoms with van der Waals surface area (Å²) in [5, 5.41) is 13.0. The fourth-order valence-corrected chi connectivity index (χ4v) is 3.26. The highest BCUT2D eigenvalue weighted by Gasteiger charge is 2.22. The minimum absolute atomic E-state index is 0.00480. The van der Waals surface area contributed by atoms with E-state index in [1.54, 1.807) is 12.3 Å². The van der Waals surface area contributed by atoms with Crippen molar-refractivity contribution in [3.63, 3.8) is 0 Å². The van der Waals surface area contributed by atoms with Crippen LogP contribution in [0.4, 0.5) is 4.39 Å². The maximum absolute atomic E-state index is 14.8. The first kappa shape index (κ1) is 22.0. The lowest BCUT2D eigenvalue weighted by Gasteiger charge is -2.19. The lowest BCUT2D eigenvalue weighted by atomic mass is 10.1. The number of benzene rings is 1. The molecule has 0 radical (unpaired) electrons. The number of aliphatic hydroxyl groups is 1. The van der Waals surface area contributed by atoms with Gasteiger partial charge < -0.3 is 14.4 Å². The second-order valence-electron chi connectivity index (χ2n) is 7.02. The first-order valence-corrected chi connectivity index (χ1v) is 10.2. The van der Waals surface area contributed by atoms with E-state index in [0.717, 1.165) is 6.42 Å². The lowest BCUT2D eigenvalue weighted by molar-refractivity contribution is 0.233. The summed E-state index contributed by atoms with van der Waals surface area (Å²) in [6.07, 6.45) is 4.42. The first-order valence-electron chi connectivity index (χ1n) is 9.80. The van der Waals surface area contributed by atoms with Gasteiger partial charge in [-0.25, -0.2) is 14.1 Å². The van der Waals surface area contributed by atoms with Crippen molar-refractivity contribution in [3.05, 3.63) is 58.0 Å². The zero-order valence-electron chi connectivity index (χ0n) is 16.9. The van der Waals surface area contributed by atoms with E-state index in [0.29, 0.717) is 18.7 Å². The molecule has 1 atom stereocenters. The van der Waals surface area contributed by atoms with Crippen LogP contribution in [0.25, 0.3) is 17.1 Å². The molecule has 0 aliphatic carbocycles. The van der Waals surface area contributed by atoms with Gasteiger partial charge in [-0.05, 0) is 30.2 Å². The van der Waals surface area contributed by atoms with E-state index in [2.05, 4.69) is 10.1 Å². The van der Waals surface area contributed by atoms with Gasteiger partial charge in [-0.2, -0.15) is 5.10 Å². The molecule has 3 aromatic rings. The van der Waals surface area contributed by atoms with Gasteiger partial charge in [0.05, 0.1) is 12.3 Å². The summed E-state index contributed by atoms with van der Waals surface area (Å²) in [5.41, 5.74) is -0.0891. The molecule has 160 valence electrons. The third-order valence-electron chi connectivity index (χ3n) is 4.78. The molecule has 1 unspecified atom stereocenters. The predicted molar refractivity (Wildman–Crippen MR) is 113 cm³/mol. The fraction of sp³-hybridized carbons (Fsp3) is 0.381. The van der Waals surface area contributed by atoms with Crippen LogP contribution in [0.15, 0.2) is 41.5 Å². The predicted octanol–water partition coefficient (Wildman–Crippen LogP) is 3.70. The number of hydrogen-bond donors (Lipinski definition) is 1. The minimum atomic E-state index is -0.544. The molecule has 9 heteroatoms. The van der Waals surface area contributed by atoms with Gasteiger partial charge in [0, 0.05) is 37.5 Å². The van der Waals surface area contributed by atoms with E-state index in [-0.39, 0.29) is 41.4 Å². The van der Waals surface area contributed by atoms with Crippen molar-refractivity contribution in [1.29, 1.82) is 0 Å². The largest absolute Gasteiger partial charge is 0.493 e. The van der Waals surface area contributed by atoms with Crippen molar-refractivity contribution in [2.75, 3.05) is 13.2 Å². The molecule has 3 rings (SSSR count). The minimum Gasteiger partial charge on any atom is -0.493 e. The van der Waals surface area contributed by atoms with Crippen LogP contribution in [0, 0.1) is 11.7 Å². The summed E-state index contributed by atoms with van der Waals surface area (Å²) in [6, 6.07) is 5.93. The number of aliphatic hydroxyl groups excluding tert-OH is 1. The van der Waals surface area contributed by atoms with Crippen LogP contribution < -0.4 is 10.3 Å². The van der Waals surface area contributed by atoms with Gasteiger partial charge >= 0.3 is 0 Å². The molecule has 7 nitrogen and oxygen atoms in total. The van der Waals surface area contributed by atoms with Crippen molar-refractivity contribution in [1.82, 2.24) is 19.3 Å². The molecule has 0 bridgehead atoms. The van der Waals surface area contributed by atoms with Crippen LogP contribution >= 0.6 is 11.6 Å². The van der Waals surface area contributed by atoms with Gasteiger partial charge in [-0.1, -0.05) is 31.9 Å². The Morgan fingerprint density at radius 3 is 2.83 bits per heavy atom. The van der Waals surface area contributed by atoms with Gasteiger partial charge in [0.15, 0.2) is 5.15 Å². The molecule has 30 heavy (non-hydrogen) atoms. The first-order chi connectivity index (χ1) is 14.5. The Hall–Kier alpha value is -2.71. The van der Waals surface area contributed by atoms with E-state index in [1.165, 1.54) is 33.6 Å². The van der Waals surface area contributed by atoms with Crippen molar-refractivity contribution in [2.24, 2.45) is 5.92 Å². The monoisotopic (exact) mass is 434 g/mol. The summed E-state index contributed by atoms with van der Waals surface area (Å²) in [7, 11) is 0. The SMILES string of the molecule is CCC(C)Cn1c(-c2cc(OCCCO)ccc2F)c(Cl)nc(-n2cccn2)c1=O. The van der Waals surface area contributed by atoms with Crippen molar-refractivity contribution >= 4 is 11.6 Å². The lowest BCUT2D eigenvalue weighted by Crippen LogP contribution is -2.30. The number of ether oxygens (including phenoxy) is 1. The molecule has 1 N–H and O–H groups in total. The van der Waals surface area contributed by atoms with Crippen LogP contribution in [0.2, 0.25) is 5.15 Å². The molecule has 0 spiro atoms. The van der Waals surface area contributed by atoms with Crippen LogP contribution in [0.3, 0.4) is 0 Å². The molecule has 0 amide bonds. The summed E-state index contributed by atoms with van der Waals surface area (Å²) in [4.78, 5) is 17.5. The van der Waals surface area contributed by atoms with E-state index in [9.17, 15) is 9.18 Å². The molecule has 1 aromatic carbocycles. The van der Waals surface area contributed by atoms with E-state index < -0.39 is 11.4 Å². The summed E-state index contributed by atoms with van der Waals surface area (Å²) in [6.45, 7) is 4.64. The van der Waals surface area contributed by atoms with Crippen molar-refractivity contribution in [3.8, 4) is 22.8 Å². The summed E-state index contributed by atoms with van der Waals surface area (Å²) in [5.74, 6) is 0.0669. The molecule has 0 aliphatic heterocycles. The molecule has 0 fully saturated rings. The average molecular weight is 435 g/mol. The molecule has 0 saturated carbocycles. The highest BCUT2D eigenvalue weighted by Crippen LogP contribution is 2.32. The Bertz CT molecular complexity index is 1050. The number of halogens is 2. The van der Waals surface area contributed by atoms with Crippen LogP contribution in [0.1, 0.15) is 26.7 Å². The number of nitrogens with zero attached hydrogens (tertiary/aromatic N) is 4. The Labute approximate surface area is 178 Å². The average Bonchev–Trinajstić information content (AvgIpc) is 3.27. The highest BCUT2D eigenvalue weighted by molar-refractivity contribution is 6.31. The normalized spacial score (nSPS) is 12.2. The van der Waals surface area contributed by atoms with Gasteiger partial charge in [-0.15, -0.1) is 0 Å². The zero-order chi connectivity index (χ0) is 21.7. The van der Waals surface area contributed by atoms with Gasteiger partial charge in [0.25, 0.3) is 5.56 Å². The van der Waals surface area contributed by atoms with E-state index >= 15 is 0 Å². The smallest absolute Gasteiger partial charge is 0.296 e. The van der Waals surface area contributed by atoms with Crippen LogP contribution in [0.5, 0.6) is 5.75 Å². The Morgan fingerprint density at radius 1 is 1.37 bits per heavy atom. The third-order valence-corrected chi connectivity index (χ3v) is 5.05. The Morgan fingerprint density at radius 2 is 2.17 bits per heavy atom. The second kappa shape index (κ2) is 9.86. The molecule has 0 aliphatic rings. The second-order valence-corrected chi connectivity index (χ2v) is 7.38. The molecule has 2 aromatic heterocycles. The number of aromatic nitrogens is 4. The topological polar surface area (TPSA) is 82.2 Å². The van der Waals surface area contributed by atoms with Crippen LogP contribution in [-0.4, -0.2) is 37.7 Å². The van der Waals surface area contributed by atoms with Crippen molar-refractivity contribution < 1.29 is 14.2 Å². The number of rotatable bonds is 9. The molecule has 2 heterocycles. The maximum atomic E-state index is 14.8. The van der Waals surface area contributed by atoms with Gasteiger partial charge in [0.1, 0.15) is 11.6 Å². The van der Waals surface area contributed by atoms with E-state index in [1.807, 2.05) is 13.8 Å². The number of hydrogen-bond acceptors (Lipinski definition) is 5. The molecular weight excluding hydrogens is 411 g/mol. The summed E-state index contributed by atoms with van der Waals surface area (Å²) >= 11 is 6.48. The Kier molecular flexibility index (Phi) is 7.23. The Balaban J connectivity index is 2.17. The standard InChI is InChI=1S/C21H24ClFN4O3/c1-3-14(2)13-26-18(16-12-15(6-7-17(16)23)30-11-5-10-28)19(22)25-20(21(26)29)27-9-4-8-24-27/h4,6-9,12,14,28H,3,5,10-11,13H2,1-2H3. The van der Waals surface area contributed by atoms with Crippen LogP contribution in [-0.2, 0) is 6.54 Å². The zero-order valence-corrected chi connectivity index (χ0v) is 17.6. The van der Waals surface area contributed by atoms with Gasteiger partial charge in [0.2, 0.25) is 5.82 Å². The molecular formula is C21H24ClFN4O3. The fourth-order valence-electron chi connectivity index (χ4n) is 2.97. The third kappa shape index (κ3) is 4.71. The van der Waals surface area contributed by atoms with Crippen molar-refractivity contribution in [2.45, 2.75) is 33.2 Å². The quantitative estimate of drug-likeness (QED) is 0.519.